The Labute approximate surface area is 212 Å². The predicted molar refractivity (Wildman–Crippen MR) is 136 cm³/mol. The highest BCUT2D eigenvalue weighted by Crippen LogP contribution is 2.38. The van der Waals surface area contributed by atoms with Crippen molar-refractivity contribution in [2.75, 3.05) is 7.11 Å². The van der Waals surface area contributed by atoms with Crippen molar-refractivity contribution in [3.05, 3.63) is 96.1 Å². The van der Waals surface area contributed by atoms with Crippen LogP contribution in [-0.2, 0) is 16.1 Å². The molecule has 0 N–H and O–H groups in total. The molecule has 0 radical (unpaired) electrons. The number of carbonyl (C=O) groups excluding carboxylic acids is 1. The molecule has 8 heteroatoms. The molecule has 5 nitrogen and oxygen atoms in total. The standard InChI is InChI=1S/C24H16BrClINO4/c1-30-21-12-15(10-19(26)22(21)31-13-14-2-6-17(25)7-3-14)11-20-24(29)32-23(28-20)16-4-8-18(27)9-5-16/h2-12H,13H2,1H3/b20-11-. The van der Waals surface area contributed by atoms with Crippen molar-refractivity contribution in [2.45, 2.75) is 6.61 Å². The number of carbonyl (C=O) groups is 1. The molecule has 3 aromatic rings. The summed E-state index contributed by atoms with van der Waals surface area (Å²) in [5.41, 5.74) is 2.54. The predicted octanol–water partition coefficient (Wildman–Crippen LogP) is 6.64. The fourth-order valence-corrected chi connectivity index (χ4v) is 3.88. The average Bonchev–Trinajstić information content (AvgIpc) is 3.14. The lowest BCUT2D eigenvalue weighted by Crippen LogP contribution is -2.05. The van der Waals surface area contributed by atoms with Gasteiger partial charge in [-0.3, -0.25) is 0 Å². The molecule has 1 aliphatic rings. The van der Waals surface area contributed by atoms with E-state index < -0.39 is 5.97 Å². The number of aliphatic imine (C=N–C) groups is 1. The number of cyclic esters (lactones) is 1. The number of ether oxygens (including phenoxy) is 3. The van der Waals surface area contributed by atoms with Gasteiger partial charge in [0.2, 0.25) is 5.90 Å². The minimum Gasteiger partial charge on any atom is -0.493 e. The van der Waals surface area contributed by atoms with Gasteiger partial charge in [0.05, 0.1) is 12.1 Å². The minimum absolute atomic E-state index is 0.181. The van der Waals surface area contributed by atoms with Crippen molar-refractivity contribution in [3.8, 4) is 11.5 Å². The van der Waals surface area contributed by atoms with E-state index in [-0.39, 0.29) is 11.6 Å². The summed E-state index contributed by atoms with van der Waals surface area (Å²) in [5.74, 6) is 0.625. The molecule has 0 fully saturated rings. The number of esters is 1. The minimum atomic E-state index is -0.524. The number of rotatable bonds is 6. The summed E-state index contributed by atoms with van der Waals surface area (Å²) in [6.07, 6.45) is 1.61. The van der Waals surface area contributed by atoms with Gasteiger partial charge in [-0.15, -0.1) is 0 Å². The van der Waals surface area contributed by atoms with E-state index in [4.69, 9.17) is 25.8 Å². The molecular formula is C24H16BrClINO4. The largest absolute Gasteiger partial charge is 0.493 e. The van der Waals surface area contributed by atoms with E-state index in [2.05, 4.69) is 43.5 Å². The second kappa shape index (κ2) is 10.1. The Morgan fingerprint density at radius 3 is 2.53 bits per heavy atom. The first-order chi connectivity index (χ1) is 15.4. The Morgan fingerprint density at radius 1 is 1.12 bits per heavy atom. The van der Waals surface area contributed by atoms with Crippen LogP contribution in [0.3, 0.4) is 0 Å². The molecule has 0 amide bonds. The van der Waals surface area contributed by atoms with Crippen LogP contribution in [0.1, 0.15) is 16.7 Å². The number of nitrogens with zero attached hydrogens (tertiary/aromatic N) is 1. The fraction of sp³-hybridized carbons (Fsp3) is 0.0833. The zero-order valence-electron chi connectivity index (χ0n) is 16.8. The first-order valence-electron chi connectivity index (χ1n) is 9.46. The SMILES string of the molecule is COc1cc(/C=C2\N=C(c3ccc(I)cc3)OC2=O)cc(Cl)c1OCc1ccc(Br)cc1. The normalized spacial score (nSPS) is 14.3. The van der Waals surface area contributed by atoms with E-state index in [0.717, 1.165) is 19.2 Å². The second-order valence-corrected chi connectivity index (χ2v) is 9.36. The van der Waals surface area contributed by atoms with Gasteiger partial charge in [-0.25, -0.2) is 9.79 Å². The second-order valence-electron chi connectivity index (χ2n) is 6.79. The molecular weight excluding hydrogens is 609 g/mol. The van der Waals surface area contributed by atoms with E-state index in [1.54, 1.807) is 18.2 Å². The molecule has 0 bridgehead atoms. The Balaban J connectivity index is 1.58. The third kappa shape index (κ3) is 5.33. The summed E-state index contributed by atoms with van der Waals surface area (Å²) >= 11 is 12.1. The number of halogens is 3. The van der Waals surface area contributed by atoms with Crippen molar-refractivity contribution in [1.82, 2.24) is 0 Å². The zero-order chi connectivity index (χ0) is 22.7. The van der Waals surface area contributed by atoms with Gasteiger partial charge in [0.25, 0.3) is 0 Å². The van der Waals surface area contributed by atoms with Crippen LogP contribution in [0.2, 0.25) is 5.02 Å². The van der Waals surface area contributed by atoms with Crippen molar-refractivity contribution >= 4 is 68.1 Å². The van der Waals surface area contributed by atoms with Gasteiger partial charge in [-0.2, -0.15) is 0 Å². The first-order valence-corrected chi connectivity index (χ1v) is 11.7. The molecule has 162 valence electrons. The van der Waals surface area contributed by atoms with Crippen LogP contribution < -0.4 is 9.47 Å². The summed E-state index contributed by atoms with van der Waals surface area (Å²) in [6, 6.07) is 18.8. The van der Waals surface area contributed by atoms with Crippen LogP contribution >= 0.6 is 50.1 Å². The summed E-state index contributed by atoms with van der Waals surface area (Å²) in [7, 11) is 1.53. The lowest BCUT2D eigenvalue weighted by atomic mass is 10.1. The van der Waals surface area contributed by atoms with Gasteiger partial charge in [0.1, 0.15) is 6.61 Å². The molecule has 0 saturated carbocycles. The molecule has 4 rings (SSSR count). The maximum atomic E-state index is 12.3. The van der Waals surface area contributed by atoms with E-state index in [1.807, 2.05) is 48.5 Å². The Bertz CT molecular complexity index is 1220. The summed E-state index contributed by atoms with van der Waals surface area (Å²) in [4.78, 5) is 16.7. The highest BCUT2D eigenvalue weighted by molar-refractivity contribution is 14.1. The topological polar surface area (TPSA) is 57.1 Å². The molecule has 32 heavy (non-hydrogen) atoms. The van der Waals surface area contributed by atoms with E-state index >= 15 is 0 Å². The smallest absolute Gasteiger partial charge is 0.363 e. The van der Waals surface area contributed by atoms with Crippen LogP contribution in [0, 0.1) is 3.57 Å². The number of hydrogen-bond donors (Lipinski definition) is 0. The summed E-state index contributed by atoms with van der Waals surface area (Å²) < 4.78 is 18.8. The Kier molecular flexibility index (Phi) is 7.17. The highest BCUT2D eigenvalue weighted by atomic mass is 127. The first kappa shape index (κ1) is 22.8. The lowest BCUT2D eigenvalue weighted by molar-refractivity contribution is -0.129. The van der Waals surface area contributed by atoms with E-state index in [1.165, 1.54) is 7.11 Å². The fourth-order valence-electron chi connectivity index (χ4n) is 2.98. The van der Waals surface area contributed by atoms with Crippen LogP contribution in [0.15, 0.2) is 75.8 Å². The molecule has 1 aliphatic heterocycles. The van der Waals surface area contributed by atoms with Gasteiger partial charge in [0, 0.05) is 13.6 Å². The molecule has 0 aliphatic carbocycles. The lowest BCUT2D eigenvalue weighted by Gasteiger charge is -2.13. The van der Waals surface area contributed by atoms with Crippen LogP contribution in [-0.4, -0.2) is 19.0 Å². The number of hydrogen-bond acceptors (Lipinski definition) is 5. The monoisotopic (exact) mass is 623 g/mol. The van der Waals surface area contributed by atoms with Crippen LogP contribution in [0.4, 0.5) is 0 Å². The Morgan fingerprint density at radius 2 is 1.84 bits per heavy atom. The van der Waals surface area contributed by atoms with Gasteiger partial charge < -0.3 is 14.2 Å². The van der Waals surface area contributed by atoms with Crippen molar-refractivity contribution in [3.63, 3.8) is 0 Å². The van der Waals surface area contributed by atoms with Crippen molar-refractivity contribution in [2.24, 2.45) is 4.99 Å². The third-order valence-electron chi connectivity index (χ3n) is 4.56. The number of benzene rings is 3. The van der Waals surface area contributed by atoms with Crippen LogP contribution in [0.5, 0.6) is 11.5 Å². The van der Waals surface area contributed by atoms with Gasteiger partial charge >= 0.3 is 5.97 Å². The quantitative estimate of drug-likeness (QED) is 0.175. The van der Waals surface area contributed by atoms with Crippen molar-refractivity contribution in [1.29, 1.82) is 0 Å². The molecule has 3 aromatic carbocycles. The zero-order valence-corrected chi connectivity index (χ0v) is 21.3. The molecule has 0 spiro atoms. The van der Waals surface area contributed by atoms with E-state index in [0.29, 0.717) is 28.7 Å². The van der Waals surface area contributed by atoms with Gasteiger partial charge in [0.15, 0.2) is 17.2 Å². The Hall–Kier alpha value is -2.36. The molecule has 1 heterocycles. The van der Waals surface area contributed by atoms with Gasteiger partial charge in [-0.05, 0) is 88.3 Å². The van der Waals surface area contributed by atoms with E-state index in [9.17, 15) is 4.79 Å². The van der Waals surface area contributed by atoms with Gasteiger partial charge in [-0.1, -0.05) is 39.7 Å². The summed E-state index contributed by atoms with van der Waals surface area (Å²) in [6.45, 7) is 0.333. The molecule has 0 aromatic heterocycles. The molecule has 0 unspecified atom stereocenters. The van der Waals surface area contributed by atoms with Crippen molar-refractivity contribution < 1.29 is 19.0 Å². The molecule has 0 saturated heterocycles. The maximum absolute atomic E-state index is 12.3. The average molecular weight is 625 g/mol. The summed E-state index contributed by atoms with van der Waals surface area (Å²) in [5, 5.41) is 0.363. The number of methoxy groups -OCH3 is 1. The third-order valence-corrected chi connectivity index (χ3v) is 6.09. The highest BCUT2D eigenvalue weighted by Gasteiger charge is 2.24. The maximum Gasteiger partial charge on any atom is 0.363 e. The molecule has 0 atom stereocenters. The van der Waals surface area contributed by atoms with Crippen LogP contribution in [0.25, 0.3) is 6.08 Å².